The smallest absolute Gasteiger partial charge is 0.137 e. The summed E-state index contributed by atoms with van der Waals surface area (Å²) in [5, 5.41) is 5.57. The van der Waals surface area contributed by atoms with Gasteiger partial charge in [0, 0.05) is 29.1 Å². The summed E-state index contributed by atoms with van der Waals surface area (Å²) >= 11 is 12.4. The minimum atomic E-state index is 0. The van der Waals surface area contributed by atoms with Crippen LogP contribution in [0.5, 0.6) is 0 Å². The molecule has 2 heterocycles. The fourth-order valence-corrected chi connectivity index (χ4v) is 3.56. The van der Waals surface area contributed by atoms with Crippen LogP contribution in [0.4, 0.5) is 0 Å². The van der Waals surface area contributed by atoms with E-state index in [2.05, 4.69) is 10.1 Å². The second-order valence-corrected chi connectivity index (χ2v) is 6.55. The molecule has 1 aromatic heterocycles. The molecule has 1 saturated heterocycles. The number of benzene rings is 1. The van der Waals surface area contributed by atoms with Gasteiger partial charge in [-0.05, 0) is 43.4 Å². The van der Waals surface area contributed by atoms with Crippen LogP contribution in [0.1, 0.15) is 37.2 Å². The van der Waals surface area contributed by atoms with Gasteiger partial charge in [-0.15, -0.1) is 12.4 Å². The zero-order chi connectivity index (χ0) is 15.4. The Labute approximate surface area is 152 Å². The summed E-state index contributed by atoms with van der Waals surface area (Å²) in [4.78, 5) is 4.02. The van der Waals surface area contributed by atoms with Crippen molar-refractivity contribution < 1.29 is 4.74 Å². The normalized spacial score (nSPS) is 19.1. The number of halogens is 3. The van der Waals surface area contributed by atoms with Crippen molar-refractivity contribution in [2.75, 3.05) is 6.61 Å². The van der Waals surface area contributed by atoms with Gasteiger partial charge in [0.2, 0.25) is 0 Å². The van der Waals surface area contributed by atoms with Crippen molar-refractivity contribution in [1.29, 1.82) is 0 Å². The molecule has 0 bridgehead atoms. The first-order valence-corrected chi connectivity index (χ1v) is 8.37. The van der Waals surface area contributed by atoms with E-state index in [9.17, 15) is 0 Å². The van der Waals surface area contributed by atoms with E-state index in [0.29, 0.717) is 10.0 Å². The summed E-state index contributed by atoms with van der Waals surface area (Å²) in [6, 6.07) is 5.70. The van der Waals surface area contributed by atoms with E-state index in [1.807, 2.05) is 16.8 Å². The van der Waals surface area contributed by atoms with Crippen LogP contribution in [0.3, 0.4) is 0 Å². The van der Waals surface area contributed by atoms with E-state index in [-0.39, 0.29) is 24.4 Å². The van der Waals surface area contributed by atoms with Gasteiger partial charge in [0.05, 0.1) is 6.10 Å². The van der Waals surface area contributed by atoms with Crippen molar-refractivity contribution >= 4 is 35.6 Å². The lowest BCUT2D eigenvalue weighted by Gasteiger charge is -2.27. The van der Waals surface area contributed by atoms with E-state index < -0.39 is 0 Å². The Kier molecular flexibility index (Phi) is 7.15. The molecule has 2 aromatic rings. The highest BCUT2D eigenvalue weighted by atomic mass is 35.5. The zero-order valence-electron chi connectivity index (χ0n) is 12.7. The number of nitrogens with zero attached hydrogens (tertiary/aromatic N) is 3. The minimum Gasteiger partial charge on any atom is -0.378 e. The van der Waals surface area contributed by atoms with Gasteiger partial charge in [0.1, 0.15) is 12.7 Å². The van der Waals surface area contributed by atoms with Crippen molar-refractivity contribution in [2.45, 2.75) is 44.2 Å². The van der Waals surface area contributed by atoms with Crippen LogP contribution in [0.15, 0.2) is 30.9 Å². The van der Waals surface area contributed by atoms with Crippen molar-refractivity contribution in [2.24, 2.45) is 0 Å². The van der Waals surface area contributed by atoms with Gasteiger partial charge >= 0.3 is 0 Å². The van der Waals surface area contributed by atoms with Crippen molar-refractivity contribution in [3.8, 4) is 0 Å². The first kappa shape index (κ1) is 18.5. The predicted octanol–water partition coefficient (Wildman–Crippen LogP) is 4.75. The molecule has 1 fully saturated rings. The van der Waals surface area contributed by atoms with Crippen molar-refractivity contribution in [3.63, 3.8) is 0 Å². The maximum absolute atomic E-state index is 6.41. The largest absolute Gasteiger partial charge is 0.378 e. The van der Waals surface area contributed by atoms with Gasteiger partial charge in [-0.1, -0.05) is 29.3 Å². The Morgan fingerprint density at radius 1 is 1.30 bits per heavy atom. The maximum Gasteiger partial charge on any atom is 0.137 e. The van der Waals surface area contributed by atoms with E-state index in [1.54, 1.807) is 18.7 Å². The van der Waals surface area contributed by atoms with Gasteiger partial charge in [0.25, 0.3) is 0 Å². The topological polar surface area (TPSA) is 39.9 Å². The summed E-state index contributed by atoms with van der Waals surface area (Å²) in [6.45, 7) is 1.59. The summed E-state index contributed by atoms with van der Waals surface area (Å²) < 4.78 is 7.74. The number of hydrogen-bond acceptors (Lipinski definition) is 3. The van der Waals surface area contributed by atoms with Crippen molar-refractivity contribution in [3.05, 3.63) is 46.5 Å². The van der Waals surface area contributed by atoms with E-state index in [1.165, 1.54) is 6.42 Å². The maximum atomic E-state index is 6.41. The van der Waals surface area contributed by atoms with Crippen LogP contribution in [-0.4, -0.2) is 27.5 Å². The minimum absolute atomic E-state index is 0. The highest BCUT2D eigenvalue weighted by Crippen LogP contribution is 2.33. The average molecular weight is 377 g/mol. The lowest BCUT2D eigenvalue weighted by molar-refractivity contribution is 0.00587. The third-order valence-corrected chi connectivity index (χ3v) is 4.66. The number of hydrogen-bond donors (Lipinski definition) is 0. The fourth-order valence-electron chi connectivity index (χ4n) is 3.00. The molecule has 126 valence electrons. The highest BCUT2D eigenvalue weighted by Gasteiger charge is 2.23. The van der Waals surface area contributed by atoms with Crippen LogP contribution < -0.4 is 0 Å². The Morgan fingerprint density at radius 3 is 2.83 bits per heavy atom. The number of rotatable bonds is 5. The summed E-state index contributed by atoms with van der Waals surface area (Å²) in [5.41, 5.74) is 1.09. The van der Waals surface area contributed by atoms with E-state index in [4.69, 9.17) is 27.9 Å². The second kappa shape index (κ2) is 8.88. The molecule has 4 nitrogen and oxygen atoms in total. The van der Waals surface area contributed by atoms with E-state index in [0.717, 1.165) is 38.0 Å². The van der Waals surface area contributed by atoms with Crippen LogP contribution >= 0.6 is 35.6 Å². The molecule has 3 rings (SSSR count). The molecule has 1 aliphatic rings. The molecule has 0 amide bonds. The molecule has 0 aliphatic carbocycles. The monoisotopic (exact) mass is 375 g/mol. The molecule has 1 aromatic carbocycles. The summed E-state index contributed by atoms with van der Waals surface area (Å²) in [5.74, 6) is 0.231. The third-order valence-electron chi connectivity index (χ3n) is 4.10. The van der Waals surface area contributed by atoms with Crippen molar-refractivity contribution in [1.82, 2.24) is 14.8 Å². The quantitative estimate of drug-likeness (QED) is 0.756. The molecule has 2 unspecified atom stereocenters. The first-order valence-electron chi connectivity index (χ1n) is 7.61. The molecular weight excluding hydrogens is 357 g/mol. The lowest BCUT2D eigenvalue weighted by Crippen LogP contribution is -2.23. The molecule has 1 aliphatic heterocycles. The van der Waals surface area contributed by atoms with Gasteiger partial charge in [-0.25, -0.2) is 4.98 Å². The SMILES string of the molecule is Cl.Clc1ccc(C(CC2CCCCO2)Cn2cncn2)c(Cl)c1. The van der Waals surface area contributed by atoms with Gasteiger partial charge in [-0.2, -0.15) is 5.10 Å². The average Bonchev–Trinajstić information content (AvgIpc) is 3.01. The van der Waals surface area contributed by atoms with E-state index >= 15 is 0 Å². The Hall–Kier alpha value is -0.810. The standard InChI is InChI=1S/C16H19Cl2N3O.ClH/c17-13-4-5-15(16(18)8-13)12(9-21-11-19-10-20-21)7-14-3-1-2-6-22-14;/h4-5,8,10-12,14H,1-3,6-7,9H2;1H. The predicted molar refractivity (Wildman–Crippen MR) is 94.7 cm³/mol. The Balaban J connectivity index is 0.00000192. The van der Waals surface area contributed by atoms with Crippen LogP contribution in [0.25, 0.3) is 0 Å². The summed E-state index contributed by atoms with van der Waals surface area (Å²) in [7, 11) is 0. The fraction of sp³-hybridized carbons (Fsp3) is 0.500. The van der Waals surface area contributed by atoms with Gasteiger partial charge in [-0.3, -0.25) is 4.68 Å². The number of aromatic nitrogens is 3. The highest BCUT2D eigenvalue weighted by molar-refractivity contribution is 6.35. The Bertz CT molecular complexity index is 601. The van der Waals surface area contributed by atoms with Crippen LogP contribution in [-0.2, 0) is 11.3 Å². The molecule has 23 heavy (non-hydrogen) atoms. The number of ether oxygens (including phenoxy) is 1. The summed E-state index contributed by atoms with van der Waals surface area (Å²) in [6.07, 6.45) is 8.01. The van der Waals surface area contributed by atoms with Crippen LogP contribution in [0.2, 0.25) is 10.0 Å². The lowest BCUT2D eigenvalue weighted by atomic mass is 9.90. The van der Waals surface area contributed by atoms with Gasteiger partial charge < -0.3 is 4.74 Å². The first-order chi connectivity index (χ1) is 10.7. The molecule has 0 radical (unpaired) electrons. The molecule has 0 spiro atoms. The molecule has 2 atom stereocenters. The molecule has 0 saturated carbocycles. The molecular formula is C16H20Cl3N3O. The van der Waals surface area contributed by atoms with Gasteiger partial charge in [0.15, 0.2) is 0 Å². The molecule has 7 heteroatoms. The molecule has 0 N–H and O–H groups in total. The second-order valence-electron chi connectivity index (χ2n) is 5.70. The Morgan fingerprint density at radius 2 is 2.17 bits per heavy atom. The zero-order valence-corrected chi connectivity index (χ0v) is 15.0. The third kappa shape index (κ3) is 5.08. The van der Waals surface area contributed by atoms with Crippen LogP contribution in [0, 0.1) is 0 Å².